The highest BCUT2D eigenvalue weighted by atomic mass is 16.5. The Morgan fingerprint density at radius 3 is 2.50 bits per heavy atom. The molecule has 8 heteroatoms. The maximum atomic E-state index is 11.1. The average Bonchev–Trinajstić information content (AvgIpc) is 3.19. The summed E-state index contributed by atoms with van der Waals surface area (Å²) in [4.78, 5) is 19.8. The Hall–Kier alpha value is -3.94. The third kappa shape index (κ3) is 3.61. The van der Waals surface area contributed by atoms with Crippen LogP contribution in [0.4, 0.5) is 0 Å². The van der Waals surface area contributed by atoms with Crippen molar-refractivity contribution >= 4 is 11.7 Å². The van der Waals surface area contributed by atoms with Crippen LogP contribution in [0.25, 0.3) is 17.0 Å². The lowest BCUT2D eigenvalue weighted by atomic mass is 10.1. The van der Waals surface area contributed by atoms with Crippen LogP contribution < -0.4 is 15.2 Å². The predicted octanol–water partition coefficient (Wildman–Crippen LogP) is 2.84. The molecule has 0 aliphatic rings. The number of carbonyl (C=O) groups excluding carboxylic acids is 1. The summed E-state index contributed by atoms with van der Waals surface area (Å²) in [5.74, 6) is 1.47. The van der Waals surface area contributed by atoms with E-state index in [-0.39, 0.29) is 0 Å². The van der Waals surface area contributed by atoms with E-state index in [0.29, 0.717) is 23.2 Å². The molecule has 0 saturated carbocycles. The van der Waals surface area contributed by atoms with Gasteiger partial charge in [-0.05, 0) is 31.2 Å². The van der Waals surface area contributed by atoms with Gasteiger partial charge in [-0.25, -0.2) is 4.98 Å². The Balaban J connectivity index is 1.62. The molecule has 0 saturated heterocycles. The first kappa shape index (κ1) is 17.5. The van der Waals surface area contributed by atoms with Crippen LogP contribution in [-0.4, -0.2) is 31.6 Å². The highest BCUT2D eigenvalue weighted by Crippen LogP contribution is 2.27. The number of nitrogens with two attached hydrogens (primary N) is 1. The van der Waals surface area contributed by atoms with Crippen LogP contribution in [0, 0.1) is 0 Å². The Bertz CT molecular complexity index is 1110. The first-order valence-electron chi connectivity index (χ1n) is 8.60. The fraction of sp³-hybridized carbons (Fsp3) is 0.100. The van der Waals surface area contributed by atoms with E-state index in [4.69, 9.17) is 15.2 Å². The quantitative estimate of drug-likeness (QED) is 0.556. The third-order valence-electron chi connectivity index (χ3n) is 4.05. The molecule has 0 spiro atoms. The average molecular weight is 375 g/mol. The molecule has 2 aromatic heterocycles. The maximum Gasteiger partial charge on any atom is 0.258 e. The fourth-order valence-corrected chi connectivity index (χ4v) is 2.58. The van der Waals surface area contributed by atoms with Crippen molar-refractivity contribution in [3.05, 3.63) is 67.0 Å². The van der Waals surface area contributed by atoms with E-state index in [1.54, 1.807) is 37.3 Å². The normalized spacial score (nSPS) is 11.9. The molecule has 28 heavy (non-hydrogen) atoms. The summed E-state index contributed by atoms with van der Waals surface area (Å²) in [6.45, 7) is 1.59. The lowest BCUT2D eigenvalue weighted by molar-refractivity contribution is -0.123. The van der Waals surface area contributed by atoms with Gasteiger partial charge in [0.25, 0.3) is 11.7 Å². The second-order valence-corrected chi connectivity index (χ2v) is 6.05. The Labute approximate surface area is 160 Å². The van der Waals surface area contributed by atoms with Gasteiger partial charge < -0.3 is 15.2 Å². The monoisotopic (exact) mass is 375 g/mol. The van der Waals surface area contributed by atoms with Gasteiger partial charge in [-0.1, -0.05) is 30.3 Å². The van der Waals surface area contributed by atoms with Gasteiger partial charge in [0.05, 0.1) is 5.69 Å². The van der Waals surface area contributed by atoms with Crippen LogP contribution in [0.15, 0.2) is 67.0 Å². The van der Waals surface area contributed by atoms with Crippen molar-refractivity contribution in [2.75, 3.05) is 0 Å². The van der Waals surface area contributed by atoms with Gasteiger partial charge in [0.15, 0.2) is 6.10 Å². The van der Waals surface area contributed by atoms with E-state index < -0.39 is 12.0 Å². The van der Waals surface area contributed by atoms with Crippen LogP contribution in [0.3, 0.4) is 0 Å². The van der Waals surface area contributed by atoms with Crippen molar-refractivity contribution < 1.29 is 14.3 Å². The summed E-state index contributed by atoms with van der Waals surface area (Å²) in [6.07, 6.45) is 0.710. The van der Waals surface area contributed by atoms with Crippen molar-refractivity contribution in [1.82, 2.24) is 19.6 Å². The van der Waals surface area contributed by atoms with Crippen LogP contribution in [0.5, 0.6) is 17.4 Å². The highest BCUT2D eigenvalue weighted by Gasteiger charge is 2.12. The molecule has 140 valence electrons. The van der Waals surface area contributed by atoms with Crippen molar-refractivity contribution in [3.63, 3.8) is 0 Å². The molecular weight excluding hydrogens is 358 g/mol. The minimum atomic E-state index is -0.713. The Morgan fingerprint density at radius 1 is 1.07 bits per heavy atom. The third-order valence-corrected chi connectivity index (χ3v) is 4.05. The predicted molar refractivity (Wildman–Crippen MR) is 102 cm³/mol. The summed E-state index contributed by atoms with van der Waals surface area (Å²) < 4.78 is 13.0. The number of amides is 1. The number of hydrogen-bond acceptors (Lipinski definition) is 6. The molecule has 0 aliphatic carbocycles. The molecule has 1 amide bonds. The molecule has 8 nitrogen and oxygen atoms in total. The number of primary amides is 1. The number of ether oxygens (including phenoxy) is 2. The molecule has 1 atom stereocenters. The molecule has 2 heterocycles. The number of rotatable bonds is 6. The first-order chi connectivity index (χ1) is 13.6. The lowest BCUT2D eigenvalue weighted by Gasteiger charge is -2.12. The fourth-order valence-electron chi connectivity index (χ4n) is 2.58. The summed E-state index contributed by atoms with van der Waals surface area (Å²) in [5, 5.41) is 4.17. The second-order valence-electron chi connectivity index (χ2n) is 6.05. The van der Waals surface area contributed by atoms with Gasteiger partial charge >= 0.3 is 0 Å². The van der Waals surface area contributed by atoms with E-state index in [1.165, 1.54) is 10.8 Å². The SMILES string of the molecule is CC(Oc1ccc(Oc2cc(-c3ccccc3)nc3ncnn23)cc1)C(N)=O. The second kappa shape index (κ2) is 7.36. The van der Waals surface area contributed by atoms with Crippen LogP contribution in [0.1, 0.15) is 6.92 Å². The van der Waals surface area contributed by atoms with Crippen LogP contribution >= 0.6 is 0 Å². The van der Waals surface area contributed by atoms with Gasteiger partial charge in [0.2, 0.25) is 5.88 Å². The van der Waals surface area contributed by atoms with E-state index in [9.17, 15) is 4.79 Å². The van der Waals surface area contributed by atoms with Gasteiger partial charge in [0.1, 0.15) is 17.8 Å². The smallest absolute Gasteiger partial charge is 0.258 e. The molecule has 0 radical (unpaired) electrons. The molecule has 0 fully saturated rings. The minimum absolute atomic E-state index is 0.437. The molecular formula is C20H17N5O3. The summed E-state index contributed by atoms with van der Waals surface area (Å²) in [7, 11) is 0. The standard InChI is InChI=1S/C20H17N5O3/c1-13(19(21)26)27-15-7-9-16(10-8-15)28-18-11-17(14-5-3-2-4-6-14)24-20-22-12-23-25(18)20/h2-13H,1H3,(H2,21,26). The molecule has 0 aliphatic heterocycles. The van der Waals surface area contributed by atoms with Gasteiger partial charge in [0, 0.05) is 11.6 Å². The zero-order valence-electron chi connectivity index (χ0n) is 15.0. The lowest BCUT2D eigenvalue weighted by Crippen LogP contribution is -2.30. The molecule has 4 aromatic rings. The van der Waals surface area contributed by atoms with Gasteiger partial charge in [-0.15, -0.1) is 0 Å². The maximum absolute atomic E-state index is 11.1. The molecule has 0 bridgehead atoms. The van der Waals surface area contributed by atoms with E-state index in [1.807, 2.05) is 30.3 Å². The van der Waals surface area contributed by atoms with Gasteiger partial charge in [-0.3, -0.25) is 4.79 Å². The van der Waals surface area contributed by atoms with Gasteiger partial charge in [-0.2, -0.15) is 14.6 Å². The van der Waals surface area contributed by atoms with E-state index in [0.717, 1.165) is 11.3 Å². The number of benzene rings is 2. The number of nitrogens with zero attached hydrogens (tertiary/aromatic N) is 4. The first-order valence-corrected chi connectivity index (χ1v) is 8.60. The van der Waals surface area contributed by atoms with E-state index >= 15 is 0 Å². The topological polar surface area (TPSA) is 105 Å². The van der Waals surface area contributed by atoms with Crippen molar-refractivity contribution in [2.24, 2.45) is 5.73 Å². The summed E-state index contributed by atoms with van der Waals surface area (Å²) >= 11 is 0. The Kier molecular flexibility index (Phi) is 4.59. The van der Waals surface area contributed by atoms with Crippen LogP contribution in [-0.2, 0) is 4.79 Å². The van der Waals surface area contributed by atoms with Crippen molar-refractivity contribution in [1.29, 1.82) is 0 Å². The van der Waals surface area contributed by atoms with Crippen molar-refractivity contribution in [2.45, 2.75) is 13.0 Å². The number of aromatic nitrogens is 4. The van der Waals surface area contributed by atoms with Crippen LogP contribution in [0.2, 0.25) is 0 Å². The largest absolute Gasteiger partial charge is 0.481 e. The molecule has 2 N–H and O–H groups in total. The number of fused-ring (bicyclic) bond motifs is 1. The number of carbonyl (C=O) groups is 1. The molecule has 1 unspecified atom stereocenters. The number of hydrogen-bond donors (Lipinski definition) is 1. The molecule has 2 aromatic carbocycles. The highest BCUT2D eigenvalue weighted by molar-refractivity contribution is 5.78. The molecule has 4 rings (SSSR count). The summed E-state index contributed by atoms with van der Waals surface area (Å²) in [6, 6.07) is 18.4. The zero-order chi connectivity index (χ0) is 19.5. The zero-order valence-corrected chi connectivity index (χ0v) is 15.0. The Morgan fingerprint density at radius 2 is 1.79 bits per heavy atom. The minimum Gasteiger partial charge on any atom is -0.481 e. The van der Waals surface area contributed by atoms with E-state index in [2.05, 4.69) is 15.1 Å². The van der Waals surface area contributed by atoms with Crippen molar-refractivity contribution in [3.8, 4) is 28.6 Å². The summed E-state index contributed by atoms with van der Waals surface area (Å²) in [5.41, 5.74) is 6.88.